The second kappa shape index (κ2) is 3.76. The number of rotatable bonds is 2. The second-order valence-electron chi connectivity index (χ2n) is 3.48. The molecule has 1 aromatic rings. The van der Waals surface area contributed by atoms with Gasteiger partial charge in [0.05, 0.1) is 6.04 Å². The topological polar surface area (TPSA) is 29.1 Å². The van der Waals surface area contributed by atoms with E-state index in [-0.39, 0.29) is 6.04 Å². The summed E-state index contributed by atoms with van der Waals surface area (Å²) in [5, 5.41) is 3.17. The van der Waals surface area contributed by atoms with Crippen LogP contribution in [0.5, 0.6) is 0 Å². The van der Waals surface area contributed by atoms with Gasteiger partial charge in [-0.05, 0) is 23.1 Å². The number of carbonyl (C=O) groups excluding carboxylic acids is 1. The van der Waals surface area contributed by atoms with E-state index in [9.17, 15) is 4.79 Å². The summed E-state index contributed by atoms with van der Waals surface area (Å²) in [6.45, 7) is 4.61. The van der Waals surface area contributed by atoms with Gasteiger partial charge in [0.2, 0.25) is 0 Å². The molecule has 0 aromatic heterocycles. The van der Waals surface area contributed by atoms with Crippen LogP contribution in [0.15, 0.2) is 24.8 Å². The minimum absolute atomic E-state index is 0.127. The molecule has 0 saturated heterocycles. The number of benzene rings is 1. The van der Waals surface area contributed by atoms with Crippen LogP contribution in [0.3, 0.4) is 0 Å². The van der Waals surface area contributed by atoms with E-state index in [0.29, 0.717) is 0 Å². The maximum atomic E-state index is 10.8. The molecule has 0 aliphatic carbocycles. The number of fused-ring (bicyclic) bond motifs is 1. The van der Waals surface area contributed by atoms with Gasteiger partial charge >= 0.3 is 0 Å². The quantitative estimate of drug-likeness (QED) is 0.714. The Morgan fingerprint density at radius 3 is 3.07 bits per heavy atom. The summed E-state index contributed by atoms with van der Waals surface area (Å²) < 4.78 is 0. The van der Waals surface area contributed by atoms with Crippen LogP contribution in [0.2, 0.25) is 0 Å². The molecule has 0 amide bonds. The fourth-order valence-corrected chi connectivity index (χ4v) is 1.87. The smallest absolute Gasteiger partial charge is 0.141 e. The molecule has 0 fully saturated rings. The summed E-state index contributed by atoms with van der Waals surface area (Å²) in [5.41, 5.74) is 3.49. The molecule has 2 rings (SSSR count). The van der Waals surface area contributed by atoms with Crippen molar-refractivity contribution < 1.29 is 4.79 Å². The van der Waals surface area contributed by atoms with Crippen LogP contribution in [-0.2, 0) is 11.2 Å². The Bertz CT molecular complexity index is 371. The molecule has 1 atom stereocenters. The molecule has 0 spiro atoms. The predicted octanol–water partition coefficient (Wildman–Crippen LogP) is 1.72. The largest absolute Gasteiger partial charge is 0.304 e. The summed E-state index contributed by atoms with van der Waals surface area (Å²) in [7, 11) is 0. The lowest BCUT2D eigenvalue weighted by Crippen LogP contribution is -2.30. The summed E-state index contributed by atoms with van der Waals surface area (Å²) in [5.74, 6) is 0. The standard InChI is InChI=1S/C12H13NO/c1-2-9-3-4-11-10(7-9)5-6-13-12(11)8-14/h2-4,7-8,12-13H,1,5-6H2. The molecule has 72 valence electrons. The molecular formula is C12H13NO. The van der Waals surface area contributed by atoms with Gasteiger partial charge in [0.25, 0.3) is 0 Å². The van der Waals surface area contributed by atoms with Gasteiger partial charge in [-0.1, -0.05) is 30.9 Å². The lowest BCUT2D eigenvalue weighted by atomic mass is 9.93. The van der Waals surface area contributed by atoms with Gasteiger partial charge in [0.1, 0.15) is 6.29 Å². The summed E-state index contributed by atoms with van der Waals surface area (Å²) >= 11 is 0. The van der Waals surface area contributed by atoms with E-state index in [0.717, 1.165) is 30.4 Å². The second-order valence-corrected chi connectivity index (χ2v) is 3.48. The van der Waals surface area contributed by atoms with Crippen LogP contribution in [0.25, 0.3) is 6.08 Å². The molecule has 2 heteroatoms. The third kappa shape index (κ3) is 1.49. The highest BCUT2D eigenvalue weighted by atomic mass is 16.1. The van der Waals surface area contributed by atoms with Crippen LogP contribution in [-0.4, -0.2) is 12.8 Å². The Balaban J connectivity index is 2.45. The van der Waals surface area contributed by atoms with Crippen molar-refractivity contribution >= 4 is 12.4 Å². The number of nitrogens with one attached hydrogen (secondary N) is 1. The van der Waals surface area contributed by atoms with Crippen LogP contribution < -0.4 is 5.32 Å². The van der Waals surface area contributed by atoms with Crippen molar-refractivity contribution in [3.8, 4) is 0 Å². The summed E-state index contributed by atoms with van der Waals surface area (Å²) in [6, 6.07) is 5.99. The molecule has 1 unspecified atom stereocenters. The van der Waals surface area contributed by atoms with Crippen LogP contribution in [0.4, 0.5) is 0 Å². The molecule has 1 aliphatic heterocycles. The fourth-order valence-electron chi connectivity index (χ4n) is 1.87. The normalized spacial score (nSPS) is 19.9. The molecule has 1 N–H and O–H groups in total. The van der Waals surface area contributed by atoms with Crippen LogP contribution in [0, 0.1) is 0 Å². The van der Waals surface area contributed by atoms with Gasteiger partial charge in [0, 0.05) is 6.54 Å². The minimum atomic E-state index is -0.127. The van der Waals surface area contributed by atoms with E-state index in [1.807, 2.05) is 18.2 Å². The Labute approximate surface area is 83.6 Å². The molecule has 0 bridgehead atoms. The first-order valence-corrected chi connectivity index (χ1v) is 4.79. The van der Waals surface area contributed by atoms with Gasteiger partial charge in [-0.2, -0.15) is 0 Å². The lowest BCUT2D eigenvalue weighted by molar-refractivity contribution is -0.109. The first-order valence-electron chi connectivity index (χ1n) is 4.79. The average Bonchev–Trinajstić information content (AvgIpc) is 2.27. The van der Waals surface area contributed by atoms with Gasteiger partial charge in [-0.25, -0.2) is 0 Å². The molecule has 0 saturated carbocycles. The zero-order valence-corrected chi connectivity index (χ0v) is 7.99. The highest BCUT2D eigenvalue weighted by molar-refractivity contribution is 5.64. The zero-order chi connectivity index (χ0) is 9.97. The van der Waals surface area contributed by atoms with E-state index < -0.39 is 0 Å². The maximum Gasteiger partial charge on any atom is 0.141 e. The monoisotopic (exact) mass is 187 g/mol. The average molecular weight is 187 g/mol. The number of hydrogen-bond donors (Lipinski definition) is 1. The zero-order valence-electron chi connectivity index (χ0n) is 7.99. The van der Waals surface area contributed by atoms with Crippen molar-refractivity contribution in [2.24, 2.45) is 0 Å². The van der Waals surface area contributed by atoms with E-state index in [2.05, 4.69) is 18.0 Å². The number of carbonyl (C=O) groups is 1. The Kier molecular flexibility index (Phi) is 2.46. The molecular weight excluding hydrogens is 174 g/mol. The van der Waals surface area contributed by atoms with Crippen LogP contribution in [0.1, 0.15) is 22.7 Å². The predicted molar refractivity (Wildman–Crippen MR) is 57.0 cm³/mol. The van der Waals surface area contributed by atoms with E-state index in [1.165, 1.54) is 5.56 Å². The minimum Gasteiger partial charge on any atom is -0.304 e. The van der Waals surface area contributed by atoms with Crippen molar-refractivity contribution in [3.05, 3.63) is 41.5 Å². The maximum absolute atomic E-state index is 10.8. The SMILES string of the molecule is C=Cc1ccc2c(c1)CCNC2C=O. The first-order chi connectivity index (χ1) is 6.85. The highest BCUT2D eigenvalue weighted by Gasteiger charge is 2.18. The van der Waals surface area contributed by atoms with Crippen LogP contribution >= 0.6 is 0 Å². The molecule has 0 radical (unpaired) electrons. The highest BCUT2D eigenvalue weighted by Crippen LogP contribution is 2.22. The molecule has 2 nitrogen and oxygen atoms in total. The van der Waals surface area contributed by atoms with Crippen molar-refractivity contribution in [2.75, 3.05) is 6.54 Å². The Morgan fingerprint density at radius 2 is 2.36 bits per heavy atom. The molecule has 1 aromatic carbocycles. The Hall–Kier alpha value is -1.41. The number of aldehydes is 1. The van der Waals surface area contributed by atoms with Crippen molar-refractivity contribution in [1.82, 2.24) is 5.32 Å². The van der Waals surface area contributed by atoms with Gasteiger partial charge < -0.3 is 10.1 Å². The van der Waals surface area contributed by atoms with Gasteiger partial charge in [-0.3, -0.25) is 0 Å². The third-order valence-corrected chi connectivity index (χ3v) is 2.63. The van der Waals surface area contributed by atoms with E-state index >= 15 is 0 Å². The third-order valence-electron chi connectivity index (χ3n) is 2.63. The van der Waals surface area contributed by atoms with Gasteiger partial charge in [0.15, 0.2) is 0 Å². The summed E-state index contributed by atoms with van der Waals surface area (Å²) in [4.78, 5) is 10.8. The summed E-state index contributed by atoms with van der Waals surface area (Å²) in [6.07, 6.45) is 3.78. The Morgan fingerprint density at radius 1 is 1.50 bits per heavy atom. The van der Waals surface area contributed by atoms with Crippen molar-refractivity contribution in [3.63, 3.8) is 0 Å². The lowest BCUT2D eigenvalue weighted by Gasteiger charge is -2.22. The van der Waals surface area contributed by atoms with Gasteiger partial charge in [-0.15, -0.1) is 0 Å². The molecule has 14 heavy (non-hydrogen) atoms. The van der Waals surface area contributed by atoms with Crippen molar-refractivity contribution in [1.29, 1.82) is 0 Å². The van der Waals surface area contributed by atoms with E-state index in [4.69, 9.17) is 0 Å². The first kappa shape index (κ1) is 9.16. The van der Waals surface area contributed by atoms with E-state index in [1.54, 1.807) is 0 Å². The van der Waals surface area contributed by atoms with Crippen molar-refractivity contribution in [2.45, 2.75) is 12.5 Å². The molecule has 1 heterocycles. The molecule has 1 aliphatic rings. The number of hydrogen-bond acceptors (Lipinski definition) is 2. The fraction of sp³-hybridized carbons (Fsp3) is 0.250.